The van der Waals surface area contributed by atoms with Gasteiger partial charge in [0.1, 0.15) is 5.82 Å². The summed E-state index contributed by atoms with van der Waals surface area (Å²) in [5, 5.41) is 13.4. The highest BCUT2D eigenvalue weighted by Gasteiger charge is 2.26. The second kappa shape index (κ2) is 9.51. The smallest absolute Gasteiger partial charge is 0.276 e. The van der Waals surface area contributed by atoms with Crippen molar-refractivity contribution in [3.8, 4) is 22.5 Å². The van der Waals surface area contributed by atoms with Gasteiger partial charge in [-0.2, -0.15) is 0 Å². The maximum atomic E-state index is 14.3. The summed E-state index contributed by atoms with van der Waals surface area (Å²) in [7, 11) is 0. The standard InChI is InChI=1S/C28H24FN5O3/c29-22-10-5-18(17-35)15-21(22)19-6-8-20(9-7-19)26-16-25(32-37-26)27(36)33-11-13-34(14-12-33)28-30-23-3-1-2-4-24(23)31-28/h1-10,15-16,35H,11-14,17H2,(H,30,31). The Bertz CT molecular complexity index is 1540. The molecule has 0 spiro atoms. The first-order valence-electron chi connectivity index (χ1n) is 12.0. The second-order valence-electron chi connectivity index (χ2n) is 8.98. The summed E-state index contributed by atoms with van der Waals surface area (Å²) in [4.78, 5) is 25.0. The quantitative estimate of drug-likeness (QED) is 0.372. The fourth-order valence-electron chi connectivity index (χ4n) is 4.59. The molecule has 1 amide bonds. The average Bonchev–Trinajstić information content (AvgIpc) is 3.61. The molecule has 0 saturated carbocycles. The molecule has 1 aliphatic rings. The Morgan fingerprint density at radius 1 is 0.973 bits per heavy atom. The molecule has 8 nitrogen and oxygen atoms in total. The first-order chi connectivity index (χ1) is 18.1. The number of nitrogens with one attached hydrogen (secondary N) is 1. The number of benzene rings is 3. The average molecular weight is 498 g/mol. The summed E-state index contributed by atoms with van der Waals surface area (Å²) in [6, 6.07) is 21.2. The van der Waals surface area contributed by atoms with Crippen LogP contribution < -0.4 is 4.90 Å². The normalized spacial score (nSPS) is 13.9. The number of aromatic amines is 1. The zero-order chi connectivity index (χ0) is 25.4. The number of nitrogens with zero attached hydrogens (tertiary/aromatic N) is 4. The minimum atomic E-state index is -0.363. The molecular weight excluding hydrogens is 473 g/mol. The number of aromatic nitrogens is 3. The van der Waals surface area contributed by atoms with Crippen LogP contribution in [0.1, 0.15) is 16.1 Å². The number of aliphatic hydroxyl groups excluding tert-OH is 1. The zero-order valence-corrected chi connectivity index (χ0v) is 19.9. The predicted molar refractivity (Wildman–Crippen MR) is 137 cm³/mol. The molecule has 0 bridgehead atoms. The van der Waals surface area contributed by atoms with Crippen LogP contribution in [-0.2, 0) is 6.61 Å². The van der Waals surface area contributed by atoms with Gasteiger partial charge in [0, 0.05) is 43.4 Å². The molecule has 0 unspecified atom stereocenters. The summed E-state index contributed by atoms with van der Waals surface area (Å²) in [5.41, 5.74) is 4.60. The highest BCUT2D eigenvalue weighted by atomic mass is 19.1. The van der Waals surface area contributed by atoms with Crippen LogP contribution in [-0.4, -0.2) is 57.2 Å². The van der Waals surface area contributed by atoms with E-state index in [1.54, 1.807) is 47.4 Å². The zero-order valence-electron chi connectivity index (χ0n) is 19.9. The Morgan fingerprint density at radius 3 is 2.49 bits per heavy atom. The molecule has 1 saturated heterocycles. The van der Waals surface area contributed by atoms with Crippen molar-refractivity contribution in [3.63, 3.8) is 0 Å². The van der Waals surface area contributed by atoms with E-state index in [4.69, 9.17) is 4.52 Å². The van der Waals surface area contributed by atoms with Crippen molar-refractivity contribution in [2.45, 2.75) is 6.61 Å². The molecule has 37 heavy (non-hydrogen) atoms. The predicted octanol–water partition coefficient (Wildman–Crippen LogP) is 4.48. The highest BCUT2D eigenvalue weighted by molar-refractivity contribution is 5.93. The number of rotatable bonds is 5. The number of fused-ring (bicyclic) bond motifs is 1. The van der Waals surface area contributed by atoms with Gasteiger partial charge in [-0.15, -0.1) is 0 Å². The number of halogens is 1. The van der Waals surface area contributed by atoms with Gasteiger partial charge in [-0.1, -0.05) is 47.6 Å². The number of para-hydroxylation sites is 2. The molecule has 1 fully saturated rings. The van der Waals surface area contributed by atoms with Gasteiger partial charge >= 0.3 is 0 Å². The number of carbonyl (C=O) groups is 1. The lowest BCUT2D eigenvalue weighted by Gasteiger charge is -2.34. The van der Waals surface area contributed by atoms with Gasteiger partial charge in [0.15, 0.2) is 11.5 Å². The van der Waals surface area contributed by atoms with Crippen LogP contribution in [0.15, 0.2) is 77.3 Å². The maximum Gasteiger partial charge on any atom is 0.276 e. The van der Waals surface area contributed by atoms with E-state index in [0.29, 0.717) is 48.6 Å². The molecule has 3 aromatic carbocycles. The van der Waals surface area contributed by atoms with Gasteiger partial charge in [0.05, 0.1) is 17.6 Å². The molecular formula is C28H24FN5O3. The van der Waals surface area contributed by atoms with Crippen LogP contribution in [0.3, 0.4) is 0 Å². The van der Waals surface area contributed by atoms with Crippen molar-refractivity contribution in [3.05, 3.63) is 89.9 Å². The van der Waals surface area contributed by atoms with Gasteiger partial charge < -0.3 is 24.4 Å². The van der Waals surface area contributed by atoms with Crippen molar-refractivity contribution < 1.29 is 18.8 Å². The third-order valence-electron chi connectivity index (χ3n) is 6.67. The summed E-state index contributed by atoms with van der Waals surface area (Å²) < 4.78 is 19.8. The number of hydrogen-bond acceptors (Lipinski definition) is 6. The SMILES string of the molecule is O=C(c1cc(-c2ccc(-c3cc(CO)ccc3F)cc2)on1)N1CCN(c2nc3ccccc3[nH]2)CC1. The Hall–Kier alpha value is -4.50. The maximum absolute atomic E-state index is 14.3. The topological polar surface area (TPSA) is 98.5 Å². The number of H-pyrrole nitrogens is 1. The molecule has 1 aliphatic heterocycles. The number of aliphatic hydroxyl groups is 1. The van der Waals surface area contributed by atoms with Gasteiger partial charge in [0.2, 0.25) is 5.95 Å². The van der Waals surface area contributed by atoms with Crippen LogP contribution in [0, 0.1) is 5.82 Å². The van der Waals surface area contributed by atoms with Crippen molar-refractivity contribution in [1.82, 2.24) is 20.0 Å². The van der Waals surface area contributed by atoms with E-state index in [9.17, 15) is 14.3 Å². The van der Waals surface area contributed by atoms with Crippen LogP contribution in [0.25, 0.3) is 33.5 Å². The Balaban J connectivity index is 1.12. The Kier molecular flexibility index (Phi) is 5.90. The molecule has 0 aliphatic carbocycles. The molecule has 9 heteroatoms. The molecule has 0 radical (unpaired) electrons. The summed E-state index contributed by atoms with van der Waals surface area (Å²) in [6.07, 6.45) is 0. The summed E-state index contributed by atoms with van der Waals surface area (Å²) in [5.74, 6) is 0.723. The molecule has 6 rings (SSSR count). The van der Waals surface area contributed by atoms with E-state index in [-0.39, 0.29) is 24.0 Å². The molecule has 2 N–H and O–H groups in total. The van der Waals surface area contributed by atoms with Crippen LogP contribution in [0.4, 0.5) is 10.3 Å². The Labute approximate surface area is 212 Å². The largest absolute Gasteiger partial charge is 0.392 e. The monoisotopic (exact) mass is 497 g/mol. The van der Waals surface area contributed by atoms with Gasteiger partial charge in [-0.25, -0.2) is 9.37 Å². The van der Waals surface area contributed by atoms with Crippen molar-refractivity contribution in [1.29, 1.82) is 0 Å². The van der Waals surface area contributed by atoms with E-state index < -0.39 is 0 Å². The van der Waals surface area contributed by atoms with E-state index in [0.717, 1.165) is 22.5 Å². The number of hydrogen-bond donors (Lipinski definition) is 2. The van der Waals surface area contributed by atoms with E-state index >= 15 is 0 Å². The number of carbonyl (C=O) groups excluding carboxylic acids is 1. The van der Waals surface area contributed by atoms with E-state index in [1.165, 1.54) is 6.07 Å². The number of imidazole rings is 1. The second-order valence-corrected chi connectivity index (χ2v) is 8.98. The minimum absolute atomic E-state index is 0.158. The first kappa shape index (κ1) is 22.9. The van der Waals surface area contributed by atoms with E-state index in [2.05, 4.69) is 20.0 Å². The molecule has 3 heterocycles. The lowest BCUT2D eigenvalue weighted by Crippen LogP contribution is -2.49. The van der Waals surface area contributed by atoms with Crippen LogP contribution in [0.2, 0.25) is 0 Å². The Morgan fingerprint density at radius 2 is 1.73 bits per heavy atom. The number of amides is 1. The minimum Gasteiger partial charge on any atom is -0.392 e. The third-order valence-corrected chi connectivity index (χ3v) is 6.67. The van der Waals surface area contributed by atoms with Gasteiger partial charge in [-0.3, -0.25) is 4.79 Å². The lowest BCUT2D eigenvalue weighted by atomic mass is 10.0. The summed E-state index contributed by atoms with van der Waals surface area (Å²) >= 11 is 0. The van der Waals surface area contributed by atoms with Crippen LogP contribution >= 0.6 is 0 Å². The van der Waals surface area contributed by atoms with Gasteiger partial charge in [0.25, 0.3) is 5.91 Å². The molecule has 5 aromatic rings. The van der Waals surface area contributed by atoms with E-state index in [1.807, 2.05) is 24.3 Å². The fourth-order valence-corrected chi connectivity index (χ4v) is 4.59. The number of anilines is 1. The fraction of sp³-hybridized carbons (Fsp3) is 0.179. The molecule has 0 atom stereocenters. The van der Waals surface area contributed by atoms with Crippen molar-refractivity contribution in [2.75, 3.05) is 31.1 Å². The lowest BCUT2D eigenvalue weighted by molar-refractivity contribution is 0.0736. The third kappa shape index (κ3) is 4.45. The molecule has 2 aromatic heterocycles. The first-order valence-corrected chi connectivity index (χ1v) is 12.0. The highest BCUT2D eigenvalue weighted by Crippen LogP contribution is 2.28. The van der Waals surface area contributed by atoms with Crippen molar-refractivity contribution in [2.24, 2.45) is 0 Å². The molecule has 186 valence electrons. The number of piperazine rings is 1. The van der Waals surface area contributed by atoms with Crippen molar-refractivity contribution >= 4 is 22.9 Å². The summed E-state index contributed by atoms with van der Waals surface area (Å²) in [6.45, 7) is 2.25. The van der Waals surface area contributed by atoms with Crippen LogP contribution in [0.5, 0.6) is 0 Å². The van der Waals surface area contributed by atoms with Gasteiger partial charge in [-0.05, 0) is 35.4 Å².